The van der Waals surface area contributed by atoms with Crippen molar-refractivity contribution in [1.82, 2.24) is 4.98 Å². The van der Waals surface area contributed by atoms with Crippen molar-refractivity contribution >= 4 is 22.2 Å². The molecule has 3 rings (SSSR count). The van der Waals surface area contributed by atoms with E-state index in [0.29, 0.717) is 11.4 Å². The lowest BCUT2D eigenvalue weighted by atomic mass is 9.93. The number of benzene rings is 1. The second-order valence-corrected chi connectivity index (χ2v) is 7.08. The Hall–Kier alpha value is -1.75. The molecule has 1 nitrogen and oxygen atoms in total. The fraction of sp³-hybridized carbons (Fsp3) is 0.368. The first-order valence-corrected chi connectivity index (χ1v) is 9.06. The van der Waals surface area contributed by atoms with E-state index in [9.17, 15) is 13.2 Å². The van der Waals surface area contributed by atoms with E-state index >= 15 is 0 Å². The van der Waals surface area contributed by atoms with E-state index in [2.05, 4.69) is 24.9 Å². The molecule has 0 aliphatic heterocycles. The Morgan fingerprint density at radius 3 is 2.46 bits per heavy atom. The van der Waals surface area contributed by atoms with Crippen LogP contribution in [-0.2, 0) is 12.6 Å². The quantitative estimate of drug-likeness (QED) is 0.524. The minimum atomic E-state index is -4.32. The third kappa shape index (κ3) is 3.22. The molecule has 5 heteroatoms. The van der Waals surface area contributed by atoms with Crippen LogP contribution in [0, 0.1) is 0 Å². The van der Waals surface area contributed by atoms with Crippen LogP contribution in [0.5, 0.6) is 0 Å². The molecule has 0 spiro atoms. The third-order valence-corrected chi connectivity index (χ3v) is 5.47. The van der Waals surface area contributed by atoms with Gasteiger partial charge in [-0.3, -0.25) is 0 Å². The van der Waals surface area contributed by atoms with Gasteiger partial charge in [0.05, 0.1) is 5.56 Å². The summed E-state index contributed by atoms with van der Waals surface area (Å²) in [5, 5.41) is 2.93. The van der Waals surface area contributed by atoms with E-state index in [4.69, 9.17) is 0 Å². The maximum Gasteiger partial charge on any atom is 0.416 e. The summed E-state index contributed by atoms with van der Waals surface area (Å²) in [6.45, 7) is 4.24. The summed E-state index contributed by atoms with van der Waals surface area (Å²) in [7, 11) is 0. The van der Waals surface area contributed by atoms with Gasteiger partial charge in [-0.05, 0) is 47.9 Å². The van der Waals surface area contributed by atoms with Gasteiger partial charge >= 0.3 is 6.18 Å². The molecule has 1 N–H and O–H groups in total. The first kappa shape index (κ1) is 17.1. The van der Waals surface area contributed by atoms with Gasteiger partial charge in [-0.15, -0.1) is 11.3 Å². The molecule has 0 fully saturated rings. The molecular weight excluding hydrogens is 331 g/mol. The van der Waals surface area contributed by atoms with Gasteiger partial charge < -0.3 is 4.98 Å². The molecule has 0 saturated heterocycles. The van der Waals surface area contributed by atoms with Crippen LogP contribution in [0.3, 0.4) is 0 Å². The number of H-pyrrole nitrogens is 1. The number of thiophene rings is 1. The molecule has 0 aliphatic rings. The minimum absolute atomic E-state index is 0.335. The summed E-state index contributed by atoms with van der Waals surface area (Å²) >= 11 is 1.68. The van der Waals surface area contributed by atoms with Gasteiger partial charge in [0.15, 0.2) is 0 Å². The highest BCUT2D eigenvalue weighted by Crippen LogP contribution is 2.37. The molecule has 1 aromatic carbocycles. The molecule has 0 bridgehead atoms. The van der Waals surface area contributed by atoms with Crippen molar-refractivity contribution in [3.05, 3.63) is 57.4 Å². The summed E-state index contributed by atoms with van der Waals surface area (Å²) in [4.78, 5) is 4.52. The molecule has 24 heavy (non-hydrogen) atoms. The summed E-state index contributed by atoms with van der Waals surface area (Å²) in [6, 6.07) is 8.12. The summed E-state index contributed by atoms with van der Waals surface area (Å²) < 4.78 is 39.0. The molecule has 0 amide bonds. The van der Waals surface area contributed by atoms with E-state index in [1.54, 1.807) is 17.4 Å². The third-order valence-electron chi connectivity index (χ3n) is 4.59. The minimum Gasteiger partial charge on any atom is -0.358 e. The molecule has 3 aromatic rings. The van der Waals surface area contributed by atoms with Crippen LogP contribution >= 0.6 is 11.3 Å². The zero-order valence-corrected chi connectivity index (χ0v) is 14.5. The molecule has 128 valence electrons. The number of aromatic amines is 1. The van der Waals surface area contributed by atoms with Crippen molar-refractivity contribution in [1.29, 1.82) is 0 Å². The van der Waals surface area contributed by atoms with Gasteiger partial charge in [-0.25, -0.2) is 0 Å². The van der Waals surface area contributed by atoms with Crippen LogP contribution in [0.4, 0.5) is 13.2 Å². The first-order valence-electron chi connectivity index (χ1n) is 8.18. The lowest BCUT2D eigenvalue weighted by molar-refractivity contribution is -0.137. The molecular formula is C19H20F3NS. The summed E-state index contributed by atoms with van der Waals surface area (Å²) in [5.41, 5.74) is 2.20. The Labute approximate surface area is 143 Å². The van der Waals surface area contributed by atoms with E-state index in [-0.39, 0.29) is 0 Å². The Bertz CT molecular complexity index is 811. The predicted octanol–water partition coefficient (Wildman–Crippen LogP) is 6.74. The number of hydrogen-bond acceptors (Lipinski definition) is 1. The zero-order valence-electron chi connectivity index (χ0n) is 13.7. The number of nitrogens with one attached hydrogen (secondary N) is 1. The number of fused-ring (bicyclic) bond motifs is 1. The van der Waals surface area contributed by atoms with Crippen LogP contribution in [0.1, 0.15) is 54.3 Å². The topological polar surface area (TPSA) is 15.8 Å². The summed E-state index contributed by atoms with van der Waals surface area (Å²) in [5.74, 6) is 0.335. The van der Waals surface area contributed by atoms with Crippen LogP contribution < -0.4 is 0 Å². The smallest absolute Gasteiger partial charge is 0.358 e. The van der Waals surface area contributed by atoms with Crippen LogP contribution in [0.15, 0.2) is 35.7 Å². The standard InChI is InChI=1S/C19H20F3NS/c1-3-12(4-2)18-16(11-14-6-5-9-24-14)15-8-7-13(19(20,21)22)10-17(15)23-18/h5-10,12,23H,3-4,11H2,1-2H3. The van der Waals surface area contributed by atoms with Crippen molar-refractivity contribution < 1.29 is 13.2 Å². The largest absolute Gasteiger partial charge is 0.416 e. The van der Waals surface area contributed by atoms with Gasteiger partial charge in [0.25, 0.3) is 0 Å². The molecule has 2 heterocycles. The maximum absolute atomic E-state index is 13.0. The molecule has 0 atom stereocenters. The lowest BCUT2D eigenvalue weighted by Gasteiger charge is -2.13. The van der Waals surface area contributed by atoms with Gasteiger partial charge in [0.1, 0.15) is 0 Å². The van der Waals surface area contributed by atoms with Gasteiger partial charge in [0, 0.05) is 27.9 Å². The number of hydrogen-bond donors (Lipinski definition) is 1. The Kier molecular flexibility index (Phi) is 4.72. The van der Waals surface area contributed by atoms with E-state index in [1.165, 1.54) is 17.0 Å². The van der Waals surface area contributed by atoms with Crippen LogP contribution in [0.25, 0.3) is 10.9 Å². The van der Waals surface area contributed by atoms with E-state index in [0.717, 1.165) is 35.9 Å². The van der Waals surface area contributed by atoms with E-state index in [1.807, 2.05) is 11.4 Å². The Morgan fingerprint density at radius 2 is 1.88 bits per heavy atom. The van der Waals surface area contributed by atoms with Crippen molar-refractivity contribution in [2.24, 2.45) is 0 Å². The van der Waals surface area contributed by atoms with Gasteiger partial charge in [0.2, 0.25) is 0 Å². The molecule has 0 radical (unpaired) electrons. The SMILES string of the molecule is CCC(CC)c1[nH]c2cc(C(F)(F)F)ccc2c1Cc1cccs1. The van der Waals surface area contributed by atoms with Crippen molar-refractivity contribution in [2.45, 2.75) is 45.2 Å². The van der Waals surface area contributed by atoms with Crippen molar-refractivity contribution in [2.75, 3.05) is 0 Å². The van der Waals surface area contributed by atoms with Crippen LogP contribution in [0.2, 0.25) is 0 Å². The summed E-state index contributed by atoms with van der Waals surface area (Å²) in [6.07, 6.45) is -1.63. The highest BCUT2D eigenvalue weighted by atomic mass is 32.1. The number of rotatable bonds is 5. The number of halogens is 3. The van der Waals surface area contributed by atoms with Gasteiger partial charge in [-0.1, -0.05) is 26.0 Å². The second-order valence-electron chi connectivity index (χ2n) is 6.04. The highest BCUT2D eigenvalue weighted by molar-refractivity contribution is 7.09. The van der Waals surface area contributed by atoms with Crippen LogP contribution in [-0.4, -0.2) is 4.98 Å². The Balaban J connectivity index is 2.15. The fourth-order valence-corrected chi connectivity index (χ4v) is 3.99. The number of alkyl halides is 3. The average molecular weight is 351 g/mol. The molecule has 0 saturated carbocycles. The fourth-order valence-electron chi connectivity index (χ4n) is 3.28. The molecule has 2 aromatic heterocycles. The normalized spacial score (nSPS) is 12.4. The first-order chi connectivity index (χ1) is 11.4. The predicted molar refractivity (Wildman–Crippen MR) is 93.7 cm³/mol. The maximum atomic E-state index is 13.0. The average Bonchev–Trinajstić information content (AvgIpc) is 3.16. The van der Waals surface area contributed by atoms with Crippen molar-refractivity contribution in [3.8, 4) is 0 Å². The lowest BCUT2D eigenvalue weighted by Crippen LogP contribution is -2.04. The second kappa shape index (κ2) is 6.63. The molecule has 0 aliphatic carbocycles. The van der Waals surface area contributed by atoms with Gasteiger partial charge in [-0.2, -0.15) is 13.2 Å². The molecule has 0 unspecified atom stereocenters. The monoisotopic (exact) mass is 351 g/mol. The Morgan fingerprint density at radius 1 is 1.12 bits per heavy atom. The van der Waals surface area contributed by atoms with E-state index < -0.39 is 11.7 Å². The zero-order chi connectivity index (χ0) is 17.3. The van der Waals surface area contributed by atoms with Crippen molar-refractivity contribution in [3.63, 3.8) is 0 Å². The highest BCUT2D eigenvalue weighted by Gasteiger charge is 2.31. The number of aromatic nitrogens is 1.